The molecule has 106 valence electrons. The minimum atomic E-state index is 0.665. The van der Waals surface area contributed by atoms with Crippen molar-refractivity contribution < 1.29 is 0 Å². The van der Waals surface area contributed by atoms with Crippen molar-refractivity contribution >= 4 is 23.6 Å². The smallest absolute Gasteiger partial charge is 0.195 e. The third kappa shape index (κ3) is 2.40. The molecule has 2 heterocycles. The van der Waals surface area contributed by atoms with Gasteiger partial charge in [0.05, 0.1) is 4.88 Å². The molecule has 1 atom stereocenters. The average Bonchev–Trinajstić information content (AvgIpc) is 3.02. The summed E-state index contributed by atoms with van der Waals surface area (Å²) in [6.45, 7) is 6.78. The van der Waals surface area contributed by atoms with E-state index in [9.17, 15) is 0 Å². The second kappa shape index (κ2) is 5.66. The summed E-state index contributed by atoms with van der Waals surface area (Å²) < 4.78 is 2.68. The third-order valence-electron chi connectivity index (χ3n) is 4.05. The quantitative estimate of drug-likeness (QED) is 0.672. The molecule has 0 radical (unpaired) electrons. The number of hydrogen-bond acceptors (Lipinski definition) is 3. The predicted octanol–water partition coefficient (Wildman–Crippen LogP) is 4.37. The van der Waals surface area contributed by atoms with Crippen molar-refractivity contribution in [3.63, 3.8) is 0 Å². The number of H-pyrrole nitrogens is 1. The Bertz CT molecular complexity index is 678. The van der Waals surface area contributed by atoms with Crippen LogP contribution >= 0.6 is 23.6 Å². The zero-order valence-corrected chi connectivity index (χ0v) is 13.3. The molecule has 0 aliphatic heterocycles. The summed E-state index contributed by atoms with van der Waals surface area (Å²) in [7, 11) is 0. The van der Waals surface area contributed by atoms with Gasteiger partial charge in [0.25, 0.3) is 0 Å². The lowest BCUT2D eigenvalue weighted by atomic mass is 9.87. The Morgan fingerprint density at radius 2 is 2.50 bits per heavy atom. The van der Waals surface area contributed by atoms with Gasteiger partial charge in [-0.25, -0.2) is 0 Å². The molecule has 1 aliphatic rings. The zero-order valence-electron chi connectivity index (χ0n) is 11.7. The van der Waals surface area contributed by atoms with E-state index < -0.39 is 0 Å². The van der Waals surface area contributed by atoms with E-state index in [1.165, 1.54) is 41.0 Å². The van der Waals surface area contributed by atoms with Crippen molar-refractivity contribution in [3.05, 3.63) is 33.9 Å². The highest BCUT2D eigenvalue weighted by Crippen LogP contribution is 2.37. The van der Waals surface area contributed by atoms with Crippen molar-refractivity contribution in [2.24, 2.45) is 5.92 Å². The SMILES string of the molecule is C=CCn1c(-c2cc3c(s2)CC[C@@H](CC)C3)n[nH]c1=S. The highest BCUT2D eigenvalue weighted by atomic mass is 32.1. The fraction of sp³-hybridized carbons (Fsp3) is 0.467. The van der Waals surface area contributed by atoms with Crippen LogP contribution < -0.4 is 0 Å². The van der Waals surface area contributed by atoms with Crippen LogP contribution in [0.4, 0.5) is 0 Å². The summed E-state index contributed by atoms with van der Waals surface area (Å²) in [6.07, 6.45) is 6.89. The lowest BCUT2D eigenvalue weighted by molar-refractivity contribution is 0.449. The van der Waals surface area contributed by atoms with Gasteiger partial charge in [-0.1, -0.05) is 19.4 Å². The van der Waals surface area contributed by atoms with Crippen molar-refractivity contribution in [1.29, 1.82) is 0 Å². The normalized spacial score (nSPS) is 17.9. The van der Waals surface area contributed by atoms with E-state index in [1.807, 2.05) is 22.0 Å². The zero-order chi connectivity index (χ0) is 14.1. The maximum atomic E-state index is 5.29. The Morgan fingerprint density at radius 3 is 3.25 bits per heavy atom. The molecule has 0 saturated heterocycles. The molecular weight excluding hydrogens is 286 g/mol. The fourth-order valence-electron chi connectivity index (χ4n) is 2.86. The Balaban J connectivity index is 1.98. The topological polar surface area (TPSA) is 33.6 Å². The monoisotopic (exact) mass is 305 g/mol. The van der Waals surface area contributed by atoms with Gasteiger partial charge in [-0.05, 0) is 49.0 Å². The molecule has 0 bridgehead atoms. The van der Waals surface area contributed by atoms with Gasteiger partial charge in [0.2, 0.25) is 0 Å². The molecule has 5 heteroatoms. The highest BCUT2D eigenvalue weighted by Gasteiger charge is 2.21. The van der Waals surface area contributed by atoms with Crippen molar-refractivity contribution in [1.82, 2.24) is 14.8 Å². The first-order chi connectivity index (χ1) is 9.72. The molecule has 0 saturated carbocycles. The lowest BCUT2D eigenvalue weighted by Gasteiger charge is -2.19. The molecule has 0 fully saturated rings. The van der Waals surface area contributed by atoms with E-state index in [0.717, 1.165) is 11.7 Å². The van der Waals surface area contributed by atoms with E-state index in [-0.39, 0.29) is 0 Å². The Labute approximate surface area is 128 Å². The van der Waals surface area contributed by atoms with Gasteiger partial charge < -0.3 is 0 Å². The van der Waals surface area contributed by atoms with Crippen LogP contribution in [-0.2, 0) is 19.4 Å². The second-order valence-corrected chi connectivity index (χ2v) is 6.85. The summed E-state index contributed by atoms with van der Waals surface area (Å²) in [6, 6.07) is 2.31. The van der Waals surface area contributed by atoms with Gasteiger partial charge in [0.15, 0.2) is 10.6 Å². The van der Waals surface area contributed by atoms with Crippen LogP contribution in [0.1, 0.15) is 30.2 Å². The van der Waals surface area contributed by atoms with Crippen LogP contribution in [0.5, 0.6) is 0 Å². The molecular formula is C15H19N3S2. The van der Waals surface area contributed by atoms with Gasteiger partial charge in [0.1, 0.15) is 0 Å². The van der Waals surface area contributed by atoms with Crippen LogP contribution in [0.25, 0.3) is 10.7 Å². The van der Waals surface area contributed by atoms with E-state index in [4.69, 9.17) is 12.2 Å². The molecule has 0 amide bonds. The van der Waals surface area contributed by atoms with Gasteiger partial charge in [0, 0.05) is 11.4 Å². The van der Waals surface area contributed by atoms with Crippen molar-refractivity contribution in [3.8, 4) is 10.7 Å². The number of allylic oxidation sites excluding steroid dienone is 1. The number of nitrogens with one attached hydrogen (secondary N) is 1. The summed E-state index contributed by atoms with van der Waals surface area (Å²) in [5, 5.41) is 7.29. The molecule has 2 aromatic heterocycles. The van der Waals surface area contributed by atoms with Crippen LogP contribution in [0.2, 0.25) is 0 Å². The number of nitrogens with zero attached hydrogens (tertiary/aromatic N) is 2. The van der Waals surface area contributed by atoms with E-state index >= 15 is 0 Å². The first-order valence-corrected chi connectivity index (χ1v) is 8.33. The summed E-state index contributed by atoms with van der Waals surface area (Å²) >= 11 is 7.16. The van der Waals surface area contributed by atoms with Crippen LogP contribution in [-0.4, -0.2) is 14.8 Å². The third-order valence-corrected chi connectivity index (χ3v) is 5.60. The fourth-order valence-corrected chi connectivity index (χ4v) is 4.28. The predicted molar refractivity (Wildman–Crippen MR) is 86.7 cm³/mol. The molecule has 3 nitrogen and oxygen atoms in total. The largest absolute Gasteiger partial charge is 0.296 e. The molecule has 1 N–H and O–H groups in total. The van der Waals surface area contributed by atoms with Gasteiger partial charge in [-0.2, -0.15) is 5.10 Å². The number of rotatable bonds is 4. The average molecular weight is 305 g/mol. The maximum absolute atomic E-state index is 5.29. The number of fused-ring (bicyclic) bond motifs is 1. The Hall–Kier alpha value is -1.20. The van der Waals surface area contributed by atoms with E-state index in [1.54, 1.807) is 0 Å². The number of aromatic nitrogens is 3. The number of aryl methyl sites for hydroxylation is 1. The van der Waals surface area contributed by atoms with Gasteiger partial charge >= 0.3 is 0 Å². The molecule has 20 heavy (non-hydrogen) atoms. The summed E-state index contributed by atoms with van der Waals surface area (Å²) in [5.74, 6) is 1.79. The molecule has 1 aliphatic carbocycles. The van der Waals surface area contributed by atoms with Crippen LogP contribution in [0.3, 0.4) is 0 Å². The van der Waals surface area contributed by atoms with Crippen molar-refractivity contribution in [2.75, 3.05) is 0 Å². The Kier molecular flexibility index (Phi) is 3.89. The molecule has 3 rings (SSSR count). The molecule has 2 aromatic rings. The minimum absolute atomic E-state index is 0.665. The van der Waals surface area contributed by atoms with Gasteiger partial charge in [-0.3, -0.25) is 9.67 Å². The molecule has 0 unspecified atom stereocenters. The van der Waals surface area contributed by atoms with E-state index in [0.29, 0.717) is 11.3 Å². The van der Waals surface area contributed by atoms with Crippen molar-refractivity contribution in [2.45, 2.75) is 39.2 Å². The number of aromatic amines is 1. The maximum Gasteiger partial charge on any atom is 0.195 e. The summed E-state index contributed by atoms with van der Waals surface area (Å²) in [4.78, 5) is 2.75. The first kappa shape index (κ1) is 13.8. The minimum Gasteiger partial charge on any atom is -0.296 e. The lowest BCUT2D eigenvalue weighted by Crippen LogP contribution is -2.10. The standard InChI is InChI=1S/C15H19N3S2/c1-3-7-18-14(16-17-15(18)19)13-9-11-8-10(4-2)5-6-12(11)20-13/h3,9-10H,1,4-8H2,2H3,(H,17,19)/t10-/m1/s1. The number of thiophene rings is 1. The molecule has 0 aromatic carbocycles. The number of hydrogen-bond donors (Lipinski definition) is 1. The van der Waals surface area contributed by atoms with Gasteiger partial charge in [-0.15, -0.1) is 17.9 Å². The summed E-state index contributed by atoms with van der Waals surface area (Å²) in [5.41, 5.74) is 1.52. The second-order valence-electron chi connectivity index (χ2n) is 5.33. The Morgan fingerprint density at radius 1 is 1.65 bits per heavy atom. The van der Waals surface area contributed by atoms with Crippen LogP contribution in [0.15, 0.2) is 18.7 Å². The molecule has 0 spiro atoms. The van der Waals surface area contributed by atoms with Crippen LogP contribution in [0, 0.1) is 10.7 Å². The first-order valence-electron chi connectivity index (χ1n) is 7.11. The highest BCUT2D eigenvalue weighted by molar-refractivity contribution is 7.71. The van der Waals surface area contributed by atoms with E-state index in [2.05, 4.69) is 29.8 Å².